The number of nitrogens with one attached hydrogen (secondary N) is 1. The molecule has 0 aromatic rings. The molecule has 3 N–H and O–H groups in total. The van der Waals surface area contributed by atoms with Gasteiger partial charge < -0.3 is 29.1 Å². The number of likely N-dealkylation sites (N-methyl/N-ethyl adjacent to an activating group) is 1. The maximum absolute atomic E-state index is 11.1. The fourth-order valence-corrected chi connectivity index (χ4v) is 1.66. The van der Waals surface area contributed by atoms with Gasteiger partial charge in [-0.05, 0) is 0 Å². The molecule has 0 aliphatic heterocycles. The quantitative estimate of drug-likeness (QED) is 0.200. The van der Waals surface area contributed by atoms with E-state index in [4.69, 9.17) is 19.3 Å². The number of carbonyl (C=O) groups excluding carboxylic acids is 1. The van der Waals surface area contributed by atoms with Gasteiger partial charge in [0.25, 0.3) is 0 Å². The number of phosphoric ester groups is 1. The van der Waals surface area contributed by atoms with E-state index in [1.807, 2.05) is 14.1 Å². The Balaban J connectivity index is 3.62. The summed E-state index contributed by atoms with van der Waals surface area (Å²) in [6.45, 7) is 5.78. The van der Waals surface area contributed by atoms with Crippen LogP contribution in [-0.4, -0.2) is 80.5 Å². The summed E-state index contributed by atoms with van der Waals surface area (Å²) in [7, 11) is -0.609. The molecule has 0 aromatic heterocycles. The molecule has 0 aliphatic carbocycles. The van der Waals surface area contributed by atoms with Crippen LogP contribution >= 0.6 is 7.82 Å². The zero-order chi connectivity index (χ0) is 17.1. The molecule has 0 aliphatic rings. The maximum atomic E-state index is 11.1. The highest BCUT2D eigenvalue weighted by Gasteiger charge is 2.19. The average molecular weight is 341 g/mol. The van der Waals surface area contributed by atoms with Crippen molar-refractivity contribution >= 4 is 13.9 Å². The SMILES string of the molecule is C=CCOC(=O)NCCOCC[N+](C)(C)CCOP(=O)(O)O. The first kappa shape index (κ1) is 21.0. The number of hydrogen-bond donors (Lipinski definition) is 3. The lowest BCUT2D eigenvalue weighted by Crippen LogP contribution is -2.44. The lowest BCUT2D eigenvalue weighted by molar-refractivity contribution is -0.890. The second-order valence-corrected chi connectivity index (χ2v) is 6.37. The molecule has 0 spiro atoms. The number of hydrogen-bond acceptors (Lipinski definition) is 5. The number of carbonyl (C=O) groups is 1. The van der Waals surface area contributed by atoms with E-state index >= 15 is 0 Å². The highest BCUT2D eigenvalue weighted by molar-refractivity contribution is 7.46. The van der Waals surface area contributed by atoms with Gasteiger partial charge in [-0.25, -0.2) is 9.36 Å². The summed E-state index contributed by atoms with van der Waals surface area (Å²) in [5.41, 5.74) is 0. The number of alkyl carbamates (subject to hydrolysis) is 1. The predicted octanol–water partition coefficient (Wildman–Crippen LogP) is 0.101. The van der Waals surface area contributed by atoms with Crippen molar-refractivity contribution in [1.29, 1.82) is 0 Å². The second-order valence-electron chi connectivity index (χ2n) is 5.13. The van der Waals surface area contributed by atoms with Crippen LogP contribution in [0.25, 0.3) is 0 Å². The summed E-state index contributed by atoms with van der Waals surface area (Å²) in [6, 6.07) is 0. The molecule has 0 fully saturated rings. The Kier molecular flexibility index (Phi) is 10.2. The van der Waals surface area contributed by atoms with Crippen LogP contribution < -0.4 is 5.32 Å². The van der Waals surface area contributed by atoms with Gasteiger partial charge in [-0.3, -0.25) is 4.52 Å². The van der Waals surface area contributed by atoms with Gasteiger partial charge in [0, 0.05) is 6.54 Å². The van der Waals surface area contributed by atoms with E-state index in [1.165, 1.54) is 6.08 Å². The smallest absolute Gasteiger partial charge is 0.445 e. The lowest BCUT2D eigenvalue weighted by atomic mass is 10.4. The first-order valence-electron chi connectivity index (χ1n) is 6.78. The number of ether oxygens (including phenoxy) is 2. The molecule has 0 atom stereocenters. The van der Waals surface area contributed by atoms with E-state index in [9.17, 15) is 9.36 Å². The molecule has 0 aromatic carbocycles. The highest BCUT2D eigenvalue weighted by atomic mass is 31.2. The van der Waals surface area contributed by atoms with Crippen molar-refractivity contribution in [3.05, 3.63) is 12.7 Å². The number of amides is 1. The topological polar surface area (TPSA) is 114 Å². The Hall–Kier alpha value is -0.960. The predicted molar refractivity (Wildman–Crippen MR) is 80.2 cm³/mol. The molecule has 22 heavy (non-hydrogen) atoms. The molecule has 130 valence electrons. The Bertz CT molecular complexity index is 384. The molecule has 0 unspecified atom stereocenters. The third-order valence-corrected chi connectivity index (χ3v) is 3.16. The Labute approximate surface area is 130 Å². The minimum Gasteiger partial charge on any atom is -0.445 e. The summed E-state index contributed by atoms with van der Waals surface area (Å²) >= 11 is 0. The number of rotatable bonds is 12. The van der Waals surface area contributed by atoms with Crippen LogP contribution in [0.1, 0.15) is 0 Å². The van der Waals surface area contributed by atoms with Crippen LogP contribution in [0.5, 0.6) is 0 Å². The summed E-state index contributed by atoms with van der Waals surface area (Å²) in [5.74, 6) is 0. The van der Waals surface area contributed by atoms with E-state index in [1.54, 1.807) is 0 Å². The van der Waals surface area contributed by atoms with Crippen LogP contribution in [0.15, 0.2) is 12.7 Å². The van der Waals surface area contributed by atoms with Crippen LogP contribution in [0, 0.1) is 0 Å². The Morgan fingerprint density at radius 1 is 1.27 bits per heavy atom. The minimum absolute atomic E-state index is 0.0338. The van der Waals surface area contributed by atoms with E-state index in [0.717, 1.165) is 0 Å². The van der Waals surface area contributed by atoms with Crippen molar-refractivity contribution in [2.75, 3.05) is 60.2 Å². The Morgan fingerprint density at radius 3 is 2.50 bits per heavy atom. The van der Waals surface area contributed by atoms with Gasteiger partial charge in [0.1, 0.15) is 26.3 Å². The summed E-state index contributed by atoms with van der Waals surface area (Å²) in [4.78, 5) is 28.3. The average Bonchev–Trinajstić information content (AvgIpc) is 2.38. The van der Waals surface area contributed by atoms with Crippen molar-refractivity contribution in [3.63, 3.8) is 0 Å². The van der Waals surface area contributed by atoms with Gasteiger partial charge in [-0.15, -0.1) is 0 Å². The van der Waals surface area contributed by atoms with Crippen LogP contribution in [0.4, 0.5) is 4.79 Å². The van der Waals surface area contributed by atoms with Gasteiger partial charge in [0.05, 0.1) is 27.3 Å². The van der Waals surface area contributed by atoms with E-state index in [0.29, 0.717) is 37.3 Å². The zero-order valence-electron chi connectivity index (χ0n) is 13.1. The summed E-state index contributed by atoms with van der Waals surface area (Å²) in [5, 5.41) is 2.52. The molecule has 0 radical (unpaired) electrons. The molecule has 10 heteroatoms. The van der Waals surface area contributed by atoms with Crippen molar-refractivity contribution in [2.45, 2.75) is 0 Å². The maximum Gasteiger partial charge on any atom is 0.469 e. The lowest BCUT2D eigenvalue weighted by Gasteiger charge is -2.29. The molecule has 0 saturated heterocycles. The van der Waals surface area contributed by atoms with E-state index < -0.39 is 13.9 Å². The van der Waals surface area contributed by atoms with Gasteiger partial charge in [-0.2, -0.15) is 0 Å². The van der Waals surface area contributed by atoms with E-state index in [-0.39, 0.29) is 13.2 Å². The summed E-state index contributed by atoms with van der Waals surface area (Å²) < 4.78 is 25.6. The monoisotopic (exact) mass is 341 g/mol. The van der Waals surface area contributed by atoms with Crippen molar-refractivity contribution < 1.29 is 37.6 Å². The molecule has 1 amide bonds. The third kappa shape index (κ3) is 14.0. The first-order valence-corrected chi connectivity index (χ1v) is 8.31. The number of quaternary nitrogens is 1. The number of nitrogens with zero attached hydrogens (tertiary/aromatic N) is 1. The van der Waals surface area contributed by atoms with Crippen LogP contribution in [0.3, 0.4) is 0 Å². The minimum atomic E-state index is -4.41. The number of phosphoric acid groups is 1. The fourth-order valence-electron chi connectivity index (χ4n) is 1.34. The van der Waals surface area contributed by atoms with Crippen molar-refractivity contribution in [3.8, 4) is 0 Å². The van der Waals surface area contributed by atoms with Gasteiger partial charge in [0.15, 0.2) is 0 Å². The second kappa shape index (κ2) is 10.7. The highest BCUT2D eigenvalue weighted by Crippen LogP contribution is 2.35. The molecular formula is C12H26N2O7P+. The summed E-state index contributed by atoms with van der Waals surface area (Å²) in [6.07, 6.45) is 0.959. The van der Waals surface area contributed by atoms with Crippen molar-refractivity contribution in [2.24, 2.45) is 0 Å². The molecule has 0 bridgehead atoms. The molecule has 9 nitrogen and oxygen atoms in total. The first-order chi connectivity index (χ1) is 10.2. The zero-order valence-corrected chi connectivity index (χ0v) is 14.0. The van der Waals surface area contributed by atoms with E-state index in [2.05, 4.69) is 16.4 Å². The third-order valence-electron chi connectivity index (χ3n) is 2.65. The molecule has 0 heterocycles. The van der Waals surface area contributed by atoms with Crippen molar-refractivity contribution in [1.82, 2.24) is 5.32 Å². The fraction of sp³-hybridized carbons (Fsp3) is 0.750. The van der Waals surface area contributed by atoms with Gasteiger partial charge in [0.2, 0.25) is 0 Å². The van der Waals surface area contributed by atoms with Gasteiger partial charge >= 0.3 is 13.9 Å². The molecular weight excluding hydrogens is 315 g/mol. The van der Waals surface area contributed by atoms with Crippen LogP contribution in [-0.2, 0) is 18.6 Å². The largest absolute Gasteiger partial charge is 0.469 e. The molecule has 0 saturated carbocycles. The molecule has 0 rings (SSSR count). The normalized spacial score (nSPS) is 12.0. The standard InChI is InChI=1S/C12H25N2O7P/c1-4-8-20-12(15)13-5-9-19-10-6-14(2,3)7-11-21-22(16,17)18/h4H,1,5-11H2,2-3H3,(H2-,13,15,16,17,18)/p+1. The van der Waals surface area contributed by atoms with Gasteiger partial charge in [-0.1, -0.05) is 12.7 Å². The Morgan fingerprint density at radius 2 is 1.91 bits per heavy atom. The van der Waals surface area contributed by atoms with Crippen LogP contribution in [0.2, 0.25) is 0 Å².